The van der Waals surface area contributed by atoms with E-state index in [1.54, 1.807) is 0 Å². The number of nitrogens with one attached hydrogen (secondary N) is 1. The molecule has 0 radical (unpaired) electrons. The van der Waals surface area contributed by atoms with Gasteiger partial charge in [0, 0.05) is 43.0 Å². The van der Waals surface area contributed by atoms with Gasteiger partial charge < -0.3 is 9.88 Å². The van der Waals surface area contributed by atoms with Gasteiger partial charge in [-0.1, -0.05) is 48.0 Å². The highest BCUT2D eigenvalue weighted by Crippen LogP contribution is 2.20. The molecule has 6 heteroatoms. The number of piperidine rings is 1. The fraction of sp³-hybridized carbons (Fsp3) is 0.360. The van der Waals surface area contributed by atoms with E-state index in [9.17, 15) is 4.79 Å². The minimum Gasteiger partial charge on any atom is -0.352 e. The van der Waals surface area contributed by atoms with E-state index in [1.807, 2.05) is 37.5 Å². The summed E-state index contributed by atoms with van der Waals surface area (Å²) in [6, 6.07) is 16.4. The monoisotopic (exact) mass is 436 g/mol. The molecule has 0 unspecified atom stereocenters. The van der Waals surface area contributed by atoms with Crippen molar-refractivity contribution in [2.45, 2.75) is 39.4 Å². The van der Waals surface area contributed by atoms with Crippen molar-refractivity contribution in [3.63, 3.8) is 0 Å². The molecule has 1 saturated heterocycles. The van der Waals surface area contributed by atoms with Crippen LogP contribution in [0, 0.1) is 12.8 Å². The summed E-state index contributed by atoms with van der Waals surface area (Å²) in [5.74, 6) is 1.26. The van der Waals surface area contributed by atoms with E-state index in [2.05, 4.69) is 50.1 Å². The van der Waals surface area contributed by atoms with Crippen LogP contribution in [0.4, 0.5) is 0 Å². The minimum absolute atomic E-state index is 0.0902. The molecule has 0 bridgehead atoms. The molecule has 31 heavy (non-hydrogen) atoms. The van der Waals surface area contributed by atoms with E-state index in [-0.39, 0.29) is 11.8 Å². The fourth-order valence-corrected chi connectivity index (χ4v) is 4.40. The van der Waals surface area contributed by atoms with Crippen LogP contribution in [-0.4, -0.2) is 33.4 Å². The van der Waals surface area contributed by atoms with Gasteiger partial charge in [-0.25, -0.2) is 4.98 Å². The number of halogens is 1. The lowest BCUT2D eigenvalue weighted by molar-refractivity contribution is -0.126. The van der Waals surface area contributed by atoms with Gasteiger partial charge in [-0.3, -0.25) is 9.69 Å². The molecular weight excluding hydrogens is 408 g/mol. The molecule has 0 atom stereocenters. The lowest BCUT2D eigenvalue weighted by atomic mass is 9.95. The molecule has 3 aromatic rings. The number of benzene rings is 2. The standard InChI is InChI=1S/C25H29ClN4O/c1-19-27-10-13-30(19)18-21-5-2-4-20(14-21)16-28-25(31)23-8-11-29(12-9-23)17-22-6-3-7-24(26)15-22/h2-7,10,13-15,23H,8-9,11-12,16-18H2,1H3,(H,28,31). The summed E-state index contributed by atoms with van der Waals surface area (Å²) in [5, 5.41) is 3.92. The van der Waals surface area contributed by atoms with Crippen molar-refractivity contribution in [1.82, 2.24) is 19.8 Å². The van der Waals surface area contributed by atoms with Crippen LogP contribution in [0.3, 0.4) is 0 Å². The molecule has 5 nitrogen and oxygen atoms in total. The SMILES string of the molecule is Cc1nccn1Cc1cccc(CNC(=O)C2CCN(Cc3cccc(Cl)c3)CC2)c1. The number of carbonyl (C=O) groups excluding carboxylic acids is 1. The molecule has 2 heterocycles. The van der Waals surface area contributed by atoms with Crippen molar-refractivity contribution in [1.29, 1.82) is 0 Å². The zero-order chi connectivity index (χ0) is 21.6. The Balaban J connectivity index is 1.24. The van der Waals surface area contributed by atoms with Crippen LogP contribution in [0.1, 0.15) is 35.4 Å². The Labute approximate surface area is 189 Å². The molecule has 0 spiro atoms. The molecule has 162 valence electrons. The Kier molecular flexibility index (Phi) is 7.05. The number of amides is 1. The Morgan fingerprint density at radius 2 is 1.77 bits per heavy atom. The summed E-state index contributed by atoms with van der Waals surface area (Å²) in [4.78, 5) is 19.4. The molecule has 1 aliphatic heterocycles. The third-order valence-corrected chi connectivity index (χ3v) is 6.22. The van der Waals surface area contributed by atoms with Crippen LogP contribution in [0.25, 0.3) is 0 Å². The second-order valence-electron chi connectivity index (χ2n) is 8.32. The first-order valence-electron chi connectivity index (χ1n) is 10.9. The van der Waals surface area contributed by atoms with E-state index >= 15 is 0 Å². The summed E-state index contributed by atoms with van der Waals surface area (Å²) < 4.78 is 2.12. The number of aromatic nitrogens is 2. The first-order chi connectivity index (χ1) is 15.1. The van der Waals surface area contributed by atoms with Gasteiger partial charge in [0.2, 0.25) is 5.91 Å². The summed E-state index contributed by atoms with van der Waals surface area (Å²) in [6.07, 6.45) is 5.60. The van der Waals surface area contributed by atoms with E-state index in [4.69, 9.17) is 11.6 Å². The van der Waals surface area contributed by atoms with Crippen LogP contribution >= 0.6 is 11.6 Å². The highest BCUT2D eigenvalue weighted by Gasteiger charge is 2.24. The lowest BCUT2D eigenvalue weighted by Crippen LogP contribution is -2.40. The van der Waals surface area contributed by atoms with E-state index in [0.29, 0.717) is 6.54 Å². The third-order valence-electron chi connectivity index (χ3n) is 5.99. The molecule has 2 aromatic carbocycles. The van der Waals surface area contributed by atoms with Crippen LogP contribution in [0.15, 0.2) is 60.9 Å². The lowest BCUT2D eigenvalue weighted by Gasteiger charge is -2.31. The maximum atomic E-state index is 12.7. The van der Waals surface area contributed by atoms with Crippen LogP contribution in [-0.2, 0) is 24.4 Å². The van der Waals surface area contributed by atoms with Gasteiger partial charge in [0.15, 0.2) is 0 Å². The Bertz CT molecular complexity index is 1020. The number of nitrogens with zero attached hydrogens (tertiary/aromatic N) is 3. The molecule has 1 fully saturated rings. The van der Waals surface area contributed by atoms with Crippen LogP contribution in [0.5, 0.6) is 0 Å². The maximum Gasteiger partial charge on any atom is 0.223 e. The second kappa shape index (κ2) is 10.1. The van der Waals surface area contributed by atoms with Crippen molar-refractivity contribution in [3.8, 4) is 0 Å². The van der Waals surface area contributed by atoms with Crippen molar-refractivity contribution in [2.75, 3.05) is 13.1 Å². The number of hydrogen-bond acceptors (Lipinski definition) is 3. The van der Waals surface area contributed by atoms with Gasteiger partial charge in [-0.05, 0) is 61.7 Å². The predicted molar refractivity (Wildman–Crippen MR) is 124 cm³/mol. The molecular formula is C25H29ClN4O. The van der Waals surface area contributed by atoms with Crippen LogP contribution < -0.4 is 5.32 Å². The Morgan fingerprint density at radius 1 is 1.06 bits per heavy atom. The van der Waals surface area contributed by atoms with Crippen LogP contribution in [0.2, 0.25) is 5.02 Å². The number of aryl methyl sites for hydroxylation is 1. The summed E-state index contributed by atoms with van der Waals surface area (Å²) in [5.41, 5.74) is 3.56. The zero-order valence-electron chi connectivity index (χ0n) is 17.9. The largest absolute Gasteiger partial charge is 0.352 e. The Morgan fingerprint density at radius 3 is 2.48 bits per heavy atom. The van der Waals surface area contributed by atoms with Gasteiger partial charge in [-0.15, -0.1) is 0 Å². The zero-order valence-corrected chi connectivity index (χ0v) is 18.7. The van der Waals surface area contributed by atoms with E-state index < -0.39 is 0 Å². The van der Waals surface area contributed by atoms with Crippen molar-refractivity contribution < 1.29 is 4.79 Å². The third kappa shape index (κ3) is 5.96. The summed E-state index contributed by atoms with van der Waals surface area (Å²) >= 11 is 6.09. The van der Waals surface area contributed by atoms with Gasteiger partial charge in [0.1, 0.15) is 5.82 Å². The van der Waals surface area contributed by atoms with E-state index in [1.165, 1.54) is 11.1 Å². The van der Waals surface area contributed by atoms with Gasteiger partial charge in [-0.2, -0.15) is 0 Å². The highest BCUT2D eigenvalue weighted by molar-refractivity contribution is 6.30. The summed E-state index contributed by atoms with van der Waals surface area (Å²) in [6.45, 7) is 6.12. The normalized spacial score (nSPS) is 15.2. The number of carbonyl (C=O) groups is 1. The van der Waals surface area contributed by atoms with Gasteiger partial charge in [0.25, 0.3) is 0 Å². The molecule has 0 aliphatic carbocycles. The number of likely N-dealkylation sites (tertiary alicyclic amines) is 1. The quantitative estimate of drug-likeness (QED) is 0.596. The van der Waals surface area contributed by atoms with E-state index in [0.717, 1.165) is 55.4 Å². The maximum absolute atomic E-state index is 12.7. The van der Waals surface area contributed by atoms with Crippen molar-refractivity contribution in [3.05, 3.63) is 88.5 Å². The molecule has 0 saturated carbocycles. The van der Waals surface area contributed by atoms with Gasteiger partial charge in [0.05, 0.1) is 0 Å². The molecule has 1 amide bonds. The Hall–Kier alpha value is -2.63. The van der Waals surface area contributed by atoms with Crippen molar-refractivity contribution >= 4 is 17.5 Å². The number of hydrogen-bond donors (Lipinski definition) is 1. The number of rotatable bonds is 7. The molecule has 4 rings (SSSR count). The second-order valence-corrected chi connectivity index (χ2v) is 8.76. The molecule has 1 aliphatic rings. The average molecular weight is 437 g/mol. The first-order valence-corrected chi connectivity index (χ1v) is 11.2. The highest BCUT2D eigenvalue weighted by atomic mass is 35.5. The molecule has 1 aromatic heterocycles. The van der Waals surface area contributed by atoms with Crippen molar-refractivity contribution in [2.24, 2.45) is 5.92 Å². The number of imidazole rings is 1. The average Bonchev–Trinajstić information content (AvgIpc) is 3.17. The topological polar surface area (TPSA) is 50.2 Å². The smallest absolute Gasteiger partial charge is 0.223 e. The first kappa shape index (κ1) is 21.6. The summed E-state index contributed by atoms with van der Waals surface area (Å²) in [7, 11) is 0. The fourth-order valence-electron chi connectivity index (χ4n) is 4.19. The molecule has 1 N–H and O–H groups in total. The minimum atomic E-state index is 0.0902. The van der Waals surface area contributed by atoms with Gasteiger partial charge >= 0.3 is 0 Å². The predicted octanol–water partition coefficient (Wildman–Crippen LogP) is 4.42.